The number of benzene rings is 2. The van der Waals surface area contributed by atoms with Crippen LogP contribution >= 0.6 is 0 Å². The Morgan fingerprint density at radius 1 is 1.13 bits per heavy atom. The van der Waals surface area contributed by atoms with Gasteiger partial charge >= 0.3 is 0 Å². The highest BCUT2D eigenvalue weighted by Crippen LogP contribution is 2.42. The lowest BCUT2D eigenvalue weighted by Crippen LogP contribution is -2.73. The average molecular weight is 417 g/mol. The minimum atomic E-state index is -0.239. The number of nitrogens with zero attached hydrogens (tertiary/aromatic N) is 2. The summed E-state index contributed by atoms with van der Waals surface area (Å²) < 4.78 is 0. The van der Waals surface area contributed by atoms with Gasteiger partial charge in [-0.2, -0.15) is 0 Å². The zero-order valence-corrected chi connectivity index (χ0v) is 18.0. The highest BCUT2D eigenvalue weighted by molar-refractivity contribution is 5.88. The molecule has 0 radical (unpaired) electrons. The Labute approximate surface area is 183 Å². The lowest BCUT2D eigenvalue weighted by molar-refractivity contribution is -0.166. The van der Waals surface area contributed by atoms with Gasteiger partial charge in [0.25, 0.3) is 0 Å². The summed E-state index contributed by atoms with van der Waals surface area (Å²) in [6.45, 7) is 4.60. The van der Waals surface area contributed by atoms with E-state index in [0.717, 1.165) is 16.7 Å². The maximum atomic E-state index is 12.8. The summed E-state index contributed by atoms with van der Waals surface area (Å²) in [4.78, 5) is 29.1. The van der Waals surface area contributed by atoms with E-state index in [-0.39, 0.29) is 49.4 Å². The van der Waals surface area contributed by atoms with Gasteiger partial charge in [0.2, 0.25) is 11.8 Å². The molecule has 31 heavy (non-hydrogen) atoms. The van der Waals surface area contributed by atoms with Gasteiger partial charge in [0, 0.05) is 23.9 Å². The number of aliphatic hydroxyl groups excluding tert-OH is 1. The van der Waals surface area contributed by atoms with Crippen LogP contribution in [-0.4, -0.2) is 58.5 Å². The van der Waals surface area contributed by atoms with E-state index in [9.17, 15) is 14.7 Å². The van der Waals surface area contributed by atoms with Crippen LogP contribution in [0.2, 0.25) is 0 Å². The Kier molecular flexibility index (Phi) is 6.11. The van der Waals surface area contributed by atoms with Gasteiger partial charge in [0.05, 0.1) is 31.7 Å². The molecule has 2 fully saturated rings. The summed E-state index contributed by atoms with van der Waals surface area (Å²) in [7, 11) is 0. The number of carbonyl (C=O) groups is 2. The molecular formula is C26H28N2O3. The predicted molar refractivity (Wildman–Crippen MR) is 119 cm³/mol. The van der Waals surface area contributed by atoms with Gasteiger partial charge in [-0.25, -0.2) is 0 Å². The van der Waals surface area contributed by atoms with E-state index in [1.807, 2.05) is 54.6 Å². The number of amides is 2. The van der Waals surface area contributed by atoms with E-state index in [0.29, 0.717) is 12.5 Å². The van der Waals surface area contributed by atoms with Crippen molar-refractivity contribution in [1.82, 2.24) is 9.80 Å². The number of piperazine rings is 1. The fraction of sp³-hybridized carbons (Fsp3) is 0.385. The number of carbonyl (C=O) groups excluding carboxylic acids is 2. The van der Waals surface area contributed by atoms with Crippen molar-refractivity contribution in [3.8, 4) is 11.8 Å². The van der Waals surface area contributed by atoms with Gasteiger partial charge in [0.15, 0.2) is 0 Å². The molecule has 3 atom stereocenters. The Bertz CT molecular complexity index is 1000. The molecule has 4 rings (SSSR count). The number of hydrogen-bond acceptors (Lipinski definition) is 3. The maximum absolute atomic E-state index is 12.8. The van der Waals surface area contributed by atoms with Crippen LogP contribution in [0.5, 0.6) is 0 Å². The zero-order valence-electron chi connectivity index (χ0n) is 18.0. The van der Waals surface area contributed by atoms with Crippen molar-refractivity contribution in [3.05, 3.63) is 71.3 Å². The van der Waals surface area contributed by atoms with Crippen LogP contribution in [0, 0.1) is 17.8 Å². The molecule has 0 bridgehead atoms. The average Bonchev–Trinajstić information content (AvgIpc) is 2.75. The predicted octanol–water partition coefficient (Wildman–Crippen LogP) is 2.43. The molecule has 2 aliphatic heterocycles. The highest BCUT2D eigenvalue weighted by Gasteiger charge is 2.54. The molecular weight excluding hydrogens is 388 g/mol. The fourth-order valence-electron chi connectivity index (χ4n) is 4.59. The molecule has 2 heterocycles. The molecule has 2 amide bonds. The van der Waals surface area contributed by atoms with Crippen molar-refractivity contribution < 1.29 is 14.7 Å². The van der Waals surface area contributed by atoms with Crippen LogP contribution in [0.4, 0.5) is 0 Å². The second kappa shape index (κ2) is 8.95. The van der Waals surface area contributed by atoms with E-state index in [2.05, 4.69) is 25.7 Å². The number of rotatable bonds is 4. The number of hydrogen-bond donors (Lipinski definition) is 1. The molecule has 1 N–H and O–H groups in total. The maximum Gasteiger partial charge on any atom is 0.242 e. The monoisotopic (exact) mass is 416 g/mol. The van der Waals surface area contributed by atoms with E-state index < -0.39 is 0 Å². The third kappa shape index (κ3) is 4.35. The van der Waals surface area contributed by atoms with Crippen LogP contribution in [0.1, 0.15) is 36.5 Å². The van der Waals surface area contributed by atoms with Crippen LogP contribution in [0.3, 0.4) is 0 Å². The SMILES string of the molecule is CC(C)C#Cc1ccc([C@H]2[C@@H](CO)N3C(=O)CN(C(=O)Cc4ccccc4)C[C@H]23)cc1. The molecule has 0 saturated carbocycles. The van der Waals surface area contributed by atoms with Crippen LogP contribution in [0.15, 0.2) is 54.6 Å². The van der Waals surface area contributed by atoms with E-state index >= 15 is 0 Å². The number of aliphatic hydroxyl groups is 1. The molecule has 5 heteroatoms. The van der Waals surface area contributed by atoms with Crippen molar-refractivity contribution in [2.75, 3.05) is 19.7 Å². The van der Waals surface area contributed by atoms with E-state index in [4.69, 9.17) is 0 Å². The first kappa shape index (κ1) is 21.1. The van der Waals surface area contributed by atoms with Gasteiger partial charge in [-0.05, 0) is 23.3 Å². The molecule has 2 aromatic rings. The van der Waals surface area contributed by atoms with Crippen LogP contribution < -0.4 is 0 Å². The van der Waals surface area contributed by atoms with Crippen molar-refractivity contribution in [3.63, 3.8) is 0 Å². The first-order chi connectivity index (χ1) is 15.0. The van der Waals surface area contributed by atoms with Crippen molar-refractivity contribution in [2.45, 2.75) is 38.3 Å². The lowest BCUT2D eigenvalue weighted by Gasteiger charge is -2.58. The smallest absolute Gasteiger partial charge is 0.242 e. The van der Waals surface area contributed by atoms with E-state index in [1.165, 1.54) is 0 Å². The minimum absolute atomic E-state index is 0.00776. The van der Waals surface area contributed by atoms with Gasteiger partial charge in [0.1, 0.15) is 0 Å². The first-order valence-electron chi connectivity index (χ1n) is 10.8. The topological polar surface area (TPSA) is 60.9 Å². The third-order valence-corrected chi connectivity index (χ3v) is 6.10. The summed E-state index contributed by atoms with van der Waals surface area (Å²) in [6.07, 6.45) is 0.290. The largest absolute Gasteiger partial charge is 0.394 e. The molecule has 5 nitrogen and oxygen atoms in total. The van der Waals surface area contributed by atoms with Gasteiger partial charge in [-0.3, -0.25) is 9.59 Å². The Balaban J connectivity index is 1.50. The molecule has 2 saturated heterocycles. The normalized spacial score (nSPS) is 22.5. The summed E-state index contributed by atoms with van der Waals surface area (Å²) in [5.41, 5.74) is 2.97. The standard InChI is InChI=1S/C26H28N2O3/c1-18(2)8-9-19-10-12-21(13-11-19)26-22-15-27(16-25(31)28(22)23(26)17-29)24(30)14-20-6-4-3-5-7-20/h3-7,10-13,18,22-23,26,29H,14-17H2,1-2H3/t22-,23-,26-/m1/s1. The van der Waals surface area contributed by atoms with Crippen molar-refractivity contribution in [1.29, 1.82) is 0 Å². The second-order valence-corrected chi connectivity index (χ2v) is 8.63. The van der Waals surface area contributed by atoms with E-state index in [1.54, 1.807) is 9.80 Å². The van der Waals surface area contributed by atoms with Crippen molar-refractivity contribution >= 4 is 11.8 Å². The molecule has 2 aromatic carbocycles. The Hall–Kier alpha value is -3.10. The van der Waals surface area contributed by atoms with Gasteiger partial charge in [-0.1, -0.05) is 68.2 Å². The lowest BCUT2D eigenvalue weighted by atomic mass is 9.73. The summed E-state index contributed by atoms with van der Waals surface area (Å²) in [5.74, 6) is 6.52. The van der Waals surface area contributed by atoms with Crippen molar-refractivity contribution in [2.24, 2.45) is 5.92 Å². The zero-order chi connectivity index (χ0) is 22.0. The summed E-state index contributed by atoms with van der Waals surface area (Å²) in [5, 5.41) is 9.95. The third-order valence-electron chi connectivity index (χ3n) is 6.10. The molecule has 0 spiro atoms. The first-order valence-corrected chi connectivity index (χ1v) is 10.8. The fourth-order valence-corrected chi connectivity index (χ4v) is 4.59. The van der Waals surface area contributed by atoms with Crippen LogP contribution in [0.25, 0.3) is 0 Å². The number of fused-ring (bicyclic) bond motifs is 1. The van der Waals surface area contributed by atoms with Gasteiger partial charge < -0.3 is 14.9 Å². The van der Waals surface area contributed by atoms with Crippen LogP contribution in [-0.2, 0) is 16.0 Å². The summed E-state index contributed by atoms with van der Waals surface area (Å²) in [6, 6.07) is 17.3. The second-order valence-electron chi connectivity index (χ2n) is 8.63. The minimum Gasteiger partial charge on any atom is -0.394 e. The molecule has 2 aliphatic rings. The van der Waals surface area contributed by atoms with Gasteiger partial charge in [-0.15, -0.1) is 0 Å². The highest BCUT2D eigenvalue weighted by atomic mass is 16.3. The Morgan fingerprint density at radius 2 is 1.84 bits per heavy atom. The molecule has 0 aromatic heterocycles. The molecule has 0 aliphatic carbocycles. The summed E-state index contributed by atoms with van der Waals surface area (Å²) >= 11 is 0. The molecule has 160 valence electrons. The Morgan fingerprint density at radius 3 is 2.48 bits per heavy atom. The quantitative estimate of drug-likeness (QED) is 0.779. The molecule has 0 unspecified atom stereocenters.